The molecule has 0 saturated heterocycles. The molecule has 1 heterocycles. The van der Waals surface area contributed by atoms with Crippen LogP contribution in [0.25, 0.3) is 0 Å². The normalized spacial score (nSPS) is 12.3. The van der Waals surface area contributed by atoms with Gasteiger partial charge in [-0.15, -0.1) is 0 Å². The van der Waals surface area contributed by atoms with E-state index in [0.717, 1.165) is 13.0 Å². The topological polar surface area (TPSA) is 24.9 Å². The molecule has 0 aliphatic rings. The second-order valence-electron chi connectivity index (χ2n) is 4.49. The van der Waals surface area contributed by atoms with Crippen LogP contribution in [0.3, 0.4) is 0 Å². The molecule has 0 amide bonds. The molecule has 1 aromatic heterocycles. The number of nitrogens with one attached hydrogen (secondary N) is 1. The Morgan fingerprint density at radius 3 is 2.44 bits per heavy atom. The van der Waals surface area contributed by atoms with Gasteiger partial charge in [0, 0.05) is 24.9 Å². The van der Waals surface area contributed by atoms with Gasteiger partial charge in [-0.05, 0) is 36.2 Å². The van der Waals surface area contributed by atoms with Crippen LogP contribution in [0.2, 0.25) is 0 Å². The van der Waals surface area contributed by atoms with E-state index in [9.17, 15) is 0 Å². The fourth-order valence-electron chi connectivity index (χ4n) is 2.20. The fraction of sp³-hybridized carbons (Fsp3) is 0.312. The number of likely N-dealkylation sites (N-methyl/N-ethyl adjacent to an activating group) is 1. The highest BCUT2D eigenvalue weighted by atomic mass is 14.8. The maximum Gasteiger partial charge on any atom is 0.0306 e. The smallest absolute Gasteiger partial charge is 0.0306 e. The Morgan fingerprint density at radius 2 is 1.89 bits per heavy atom. The maximum atomic E-state index is 4.22. The quantitative estimate of drug-likeness (QED) is 0.869. The lowest BCUT2D eigenvalue weighted by Gasteiger charge is -2.17. The van der Waals surface area contributed by atoms with E-state index >= 15 is 0 Å². The number of hydrogen-bond donors (Lipinski definition) is 1. The molecule has 1 unspecified atom stereocenters. The number of pyridine rings is 1. The Labute approximate surface area is 109 Å². The summed E-state index contributed by atoms with van der Waals surface area (Å²) in [6.07, 6.45) is 4.86. The SMILES string of the molecule is CCc1ccc(C(CNC)c2cccnc2)cc1. The average molecular weight is 240 g/mol. The lowest BCUT2D eigenvalue weighted by molar-refractivity contribution is 0.705. The van der Waals surface area contributed by atoms with Gasteiger partial charge in [-0.25, -0.2) is 0 Å². The highest BCUT2D eigenvalue weighted by Gasteiger charge is 2.13. The van der Waals surface area contributed by atoms with Crippen molar-refractivity contribution in [1.29, 1.82) is 0 Å². The van der Waals surface area contributed by atoms with Crippen molar-refractivity contribution in [3.8, 4) is 0 Å². The van der Waals surface area contributed by atoms with Crippen LogP contribution in [0.4, 0.5) is 0 Å². The first-order chi connectivity index (χ1) is 8.85. The second kappa shape index (κ2) is 6.31. The van der Waals surface area contributed by atoms with Gasteiger partial charge in [0.05, 0.1) is 0 Å². The van der Waals surface area contributed by atoms with Crippen molar-refractivity contribution < 1.29 is 0 Å². The number of rotatable bonds is 5. The van der Waals surface area contributed by atoms with E-state index in [-0.39, 0.29) is 0 Å². The fourth-order valence-corrected chi connectivity index (χ4v) is 2.20. The van der Waals surface area contributed by atoms with E-state index in [1.165, 1.54) is 16.7 Å². The lowest BCUT2D eigenvalue weighted by atomic mass is 9.91. The molecule has 2 heteroatoms. The standard InChI is InChI=1S/C16H20N2/c1-3-13-6-8-14(9-7-13)16(12-17-2)15-5-4-10-18-11-15/h4-11,16-17H,3,12H2,1-2H3. The third-order valence-corrected chi connectivity index (χ3v) is 3.29. The van der Waals surface area contributed by atoms with E-state index in [0.29, 0.717) is 5.92 Å². The highest BCUT2D eigenvalue weighted by molar-refractivity contribution is 5.33. The van der Waals surface area contributed by atoms with Gasteiger partial charge < -0.3 is 5.32 Å². The predicted molar refractivity (Wildman–Crippen MR) is 75.8 cm³/mol. The first kappa shape index (κ1) is 12.8. The van der Waals surface area contributed by atoms with Crippen molar-refractivity contribution in [3.63, 3.8) is 0 Å². The Bertz CT molecular complexity index is 462. The minimum Gasteiger partial charge on any atom is -0.319 e. The maximum absolute atomic E-state index is 4.22. The first-order valence-corrected chi connectivity index (χ1v) is 6.48. The van der Waals surface area contributed by atoms with Gasteiger partial charge in [0.1, 0.15) is 0 Å². The van der Waals surface area contributed by atoms with Crippen LogP contribution in [-0.2, 0) is 6.42 Å². The Morgan fingerprint density at radius 1 is 1.11 bits per heavy atom. The molecule has 0 radical (unpaired) electrons. The summed E-state index contributed by atoms with van der Waals surface area (Å²) in [6, 6.07) is 13.0. The zero-order valence-electron chi connectivity index (χ0n) is 11.1. The summed E-state index contributed by atoms with van der Waals surface area (Å²) in [5.74, 6) is 0.370. The summed E-state index contributed by atoms with van der Waals surface area (Å²) in [5, 5.41) is 3.27. The minimum atomic E-state index is 0.370. The molecule has 1 N–H and O–H groups in total. The Balaban J connectivity index is 2.29. The van der Waals surface area contributed by atoms with Crippen molar-refractivity contribution in [2.75, 3.05) is 13.6 Å². The van der Waals surface area contributed by atoms with E-state index < -0.39 is 0 Å². The van der Waals surface area contributed by atoms with Crippen LogP contribution in [-0.4, -0.2) is 18.6 Å². The minimum absolute atomic E-state index is 0.370. The largest absolute Gasteiger partial charge is 0.319 e. The van der Waals surface area contributed by atoms with Gasteiger partial charge in [-0.3, -0.25) is 4.98 Å². The zero-order chi connectivity index (χ0) is 12.8. The lowest BCUT2D eigenvalue weighted by Crippen LogP contribution is -2.18. The third kappa shape index (κ3) is 2.96. The summed E-state index contributed by atoms with van der Waals surface area (Å²) in [6.45, 7) is 3.11. The van der Waals surface area contributed by atoms with Crippen LogP contribution < -0.4 is 5.32 Å². The number of benzene rings is 1. The molecule has 0 fully saturated rings. The van der Waals surface area contributed by atoms with Gasteiger partial charge in [0.2, 0.25) is 0 Å². The van der Waals surface area contributed by atoms with E-state index in [1.807, 2.05) is 25.5 Å². The van der Waals surface area contributed by atoms with Crippen LogP contribution >= 0.6 is 0 Å². The molecule has 0 saturated carbocycles. The van der Waals surface area contributed by atoms with Crippen molar-refractivity contribution in [2.45, 2.75) is 19.3 Å². The molecular weight excluding hydrogens is 220 g/mol. The van der Waals surface area contributed by atoms with E-state index in [1.54, 1.807) is 0 Å². The van der Waals surface area contributed by atoms with Crippen molar-refractivity contribution in [1.82, 2.24) is 10.3 Å². The summed E-state index contributed by atoms with van der Waals surface area (Å²) in [7, 11) is 1.99. The molecule has 0 aliphatic heterocycles. The molecule has 1 atom stereocenters. The summed E-state index contributed by atoms with van der Waals surface area (Å²) < 4.78 is 0. The average Bonchev–Trinajstić information content (AvgIpc) is 2.46. The Hall–Kier alpha value is -1.67. The van der Waals surface area contributed by atoms with Crippen LogP contribution in [0.15, 0.2) is 48.8 Å². The van der Waals surface area contributed by atoms with Crippen LogP contribution in [0.1, 0.15) is 29.5 Å². The molecule has 1 aromatic carbocycles. The van der Waals surface area contributed by atoms with E-state index in [4.69, 9.17) is 0 Å². The van der Waals surface area contributed by atoms with Gasteiger partial charge in [0.25, 0.3) is 0 Å². The number of aryl methyl sites for hydroxylation is 1. The summed E-state index contributed by atoms with van der Waals surface area (Å²) in [5.41, 5.74) is 3.98. The molecule has 2 rings (SSSR count). The molecular formula is C16H20N2. The van der Waals surface area contributed by atoms with Crippen molar-refractivity contribution in [2.24, 2.45) is 0 Å². The first-order valence-electron chi connectivity index (χ1n) is 6.48. The molecule has 0 spiro atoms. The molecule has 2 aromatic rings. The third-order valence-electron chi connectivity index (χ3n) is 3.29. The van der Waals surface area contributed by atoms with Gasteiger partial charge >= 0.3 is 0 Å². The Kier molecular flexibility index (Phi) is 4.48. The van der Waals surface area contributed by atoms with Gasteiger partial charge in [-0.2, -0.15) is 0 Å². The zero-order valence-corrected chi connectivity index (χ0v) is 11.1. The second-order valence-corrected chi connectivity index (χ2v) is 4.49. The summed E-state index contributed by atoms with van der Waals surface area (Å²) in [4.78, 5) is 4.22. The van der Waals surface area contributed by atoms with Gasteiger partial charge in [-0.1, -0.05) is 37.3 Å². The molecule has 2 nitrogen and oxygen atoms in total. The van der Waals surface area contributed by atoms with Crippen molar-refractivity contribution in [3.05, 3.63) is 65.5 Å². The molecule has 0 aliphatic carbocycles. The molecule has 94 valence electrons. The monoisotopic (exact) mass is 240 g/mol. The molecule has 18 heavy (non-hydrogen) atoms. The number of hydrogen-bond acceptors (Lipinski definition) is 2. The molecule has 0 bridgehead atoms. The summed E-state index contributed by atoms with van der Waals surface area (Å²) >= 11 is 0. The van der Waals surface area contributed by atoms with Crippen molar-refractivity contribution >= 4 is 0 Å². The van der Waals surface area contributed by atoms with Crippen LogP contribution in [0, 0.1) is 0 Å². The highest BCUT2D eigenvalue weighted by Crippen LogP contribution is 2.23. The van der Waals surface area contributed by atoms with E-state index in [2.05, 4.69) is 47.6 Å². The number of aromatic nitrogens is 1. The number of nitrogens with zero attached hydrogens (tertiary/aromatic N) is 1. The van der Waals surface area contributed by atoms with Gasteiger partial charge in [0.15, 0.2) is 0 Å². The van der Waals surface area contributed by atoms with Crippen LogP contribution in [0.5, 0.6) is 0 Å². The predicted octanol–water partition coefficient (Wildman–Crippen LogP) is 3.00.